The van der Waals surface area contributed by atoms with E-state index in [-0.39, 0.29) is 11.8 Å². The number of hydrogen-bond acceptors (Lipinski definition) is 3. The molecular formula is C20H23N3O2. The fourth-order valence-corrected chi connectivity index (χ4v) is 3.10. The maximum Gasteiger partial charge on any atom is 0.254 e. The highest BCUT2D eigenvalue weighted by molar-refractivity contribution is 5.95. The molecule has 1 aliphatic rings. The van der Waals surface area contributed by atoms with E-state index < -0.39 is 0 Å². The van der Waals surface area contributed by atoms with Crippen LogP contribution in [0, 0.1) is 6.92 Å². The highest BCUT2D eigenvalue weighted by atomic mass is 16.2. The standard InChI is InChI=1S/C20H23N3O2/c1-15-5-2-3-6-16(15)14-19(24)22-9-11-23(12-10-22)20(25)17-7-4-8-18(21)13-17/h2-8,13H,9-12,14,21H2,1H3. The molecule has 0 unspecified atom stereocenters. The normalized spacial score (nSPS) is 14.4. The topological polar surface area (TPSA) is 66.6 Å². The highest BCUT2D eigenvalue weighted by Crippen LogP contribution is 2.14. The first-order valence-corrected chi connectivity index (χ1v) is 8.51. The molecule has 0 bridgehead atoms. The van der Waals surface area contributed by atoms with Crippen molar-refractivity contribution >= 4 is 17.5 Å². The Bertz CT molecular complexity index is 780. The van der Waals surface area contributed by atoms with Crippen LogP contribution < -0.4 is 5.73 Å². The molecule has 0 aromatic heterocycles. The van der Waals surface area contributed by atoms with Gasteiger partial charge in [-0.3, -0.25) is 9.59 Å². The summed E-state index contributed by atoms with van der Waals surface area (Å²) in [4.78, 5) is 28.7. The summed E-state index contributed by atoms with van der Waals surface area (Å²) in [7, 11) is 0. The summed E-state index contributed by atoms with van der Waals surface area (Å²) in [6.45, 7) is 4.25. The molecule has 2 N–H and O–H groups in total. The zero-order valence-corrected chi connectivity index (χ0v) is 14.4. The third-order valence-corrected chi connectivity index (χ3v) is 4.66. The number of rotatable bonds is 3. The van der Waals surface area contributed by atoms with E-state index in [1.165, 1.54) is 0 Å². The molecule has 25 heavy (non-hydrogen) atoms. The number of hydrogen-bond donors (Lipinski definition) is 1. The van der Waals surface area contributed by atoms with Gasteiger partial charge in [-0.15, -0.1) is 0 Å². The molecule has 0 spiro atoms. The second-order valence-electron chi connectivity index (χ2n) is 6.40. The van der Waals surface area contributed by atoms with Gasteiger partial charge in [0.05, 0.1) is 6.42 Å². The minimum atomic E-state index is -0.0293. The van der Waals surface area contributed by atoms with Crippen molar-refractivity contribution in [3.05, 3.63) is 65.2 Å². The lowest BCUT2D eigenvalue weighted by Crippen LogP contribution is -2.51. The molecular weight excluding hydrogens is 314 g/mol. The average Bonchev–Trinajstić information content (AvgIpc) is 2.63. The average molecular weight is 337 g/mol. The molecule has 0 aliphatic carbocycles. The number of nitrogens with two attached hydrogens (primary N) is 1. The van der Waals surface area contributed by atoms with Gasteiger partial charge < -0.3 is 15.5 Å². The lowest BCUT2D eigenvalue weighted by molar-refractivity contribution is -0.131. The molecule has 0 atom stereocenters. The third-order valence-electron chi connectivity index (χ3n) is 4.66. The Morgan fingerprint density at radius 1 is 0.960 bits per heavy atom. The fourth-order valence-electron chi connectivity index (χ4n) is 3.10. The van der Waals surface area contributed by atoms with Crippen molar-refractivity contribution in [3.8, 4) is 0 Å². The van der Waals surface area contributed by atoms with Crippen LogP contribution in [0.5, 0.6) is 0 Å². The number of piperazine rings is 1. The Balaban J connectivity index is 1.57. The van der Waals surface area contributed by atoms with Gasteiger partial charge in [0, 0.05) is 37.4 Å². The van der Waals surface area contributed by atoms with Gasteiger partial charge in [-0.2, -0.15) is 0 Å². The lowest BCUT2D eigenvalue weighted by Gasteiger charge is -2.35. The van der Waals surface area contributed by atoms with E-state index >= 15 is 0 Å². The van der Waals surface area contributed by atoms with Crippen molar-refractivity contribution in [2.75, 3.05) is 31.9 Å². The Hall–Kier alpha value is -2.82. The zero-order chi connectivity index (χ0) is 17.8. The summed E-state index contributed by atoms with van der Waals surface area (Å²) < 4.78 is 0. The van der Waals surface area contributed by atoms with Crippen molar-refractivity contribution < 1.29 is 9.59 Å². The Kier molecular flexibility index (Phi) is 5.03. The predicted molar refractivity (Wildman–Crippen MR) is 98.2 cm³/mol. The van der Waals surface area contributed by atoms with Crippen LogP contribution in [0.4, 0.5) is 5.69 Å². The van der Waals surface area contributed by atoms with Crippen LogP contribution in [0.15, 0.2) is 48.5 Å². The molecule has 2 amide bonds. The molecule has 5 heteroatoms. The Labute approximate surface area is 148 Å². The van der Waals surface area contributed by atoms with Crippen LogP contribution >= 0.6 is 0 Å². The predicted octanol–water partition coefficient (Wildman–Crippen LogP) is 2.10. The number of nitrogen functional groups attached to an aromatic ring is 1. The molecule has 0 saturated carbocycles. The molecule has 130 valence electrons. The quantitative estimate of drug-likeness (QED) is 0.872. The highest BCUT2D eigenvalue weighted by Gasteiger charge is 2.25. The fraction of sp³-hybridized carbons (Fsp3) is 0.300. The summed E-state index contributed by atoms with van der Waals surface area (Å²) in [5.74, 6) is 0.0867. The van der Waals surface area contributed by atoms with Crippen LogP contribution in [0.1, 0.15) is 21.5 Å². The van der Waals surface area contributed by atoms with Crippen molar-refractivity contribution in [2.24, 2.45) is 0 Å². The molecule has 1 aliphatic heterocycles. The third kappa shape index (κ3) is 3.99. The van der Waals surface area contributed by atoms with Gasteiger partial charge in [-0.1, -0.05) is 30.3 Å². The minimum Gasteiger partial charge on any atom is -0.399 e. The Morgan fingerprint density at radius 2 is 1.64 bits per heavy atom. The molecule has 1 heterocycles. The zero-order valence-electron chi connectivity index (χ0n) is 14.4. The summed E-state index contributed by atoms with van der Waals surface area (Å²) in [5.41, 5.74) is 9.12. The first kappa shape index (κ1) is 17.0. The summed E-state index contributed by atoms with van der Waals surface area (Å²) in [6, 6.07) is 15.0. The number of aryl methyl sites for hydroxylation is 1. The number of nitrogens with zero attached hydrogens (tertiary/aromatic N) is 2. The smallest absolute Gasteiger partial charge is 0.254 e. The van der Waals surface area contributed by atoms with E-state index in [4.69, 9.17) is 5.73 Å². The molecule has 5 nitrogen and oxygen atoms in total. The molecule has 1 saturated heterocycles. The number of benzene rings is 2. The summed E-state index contributed by atoms with van der Waals surface area (Å²) in [6.07, 6.45) is 0.413. The van der Waals surface area contributed by atoms with Gasteiger partial charge in [0.1, 0.15) is 0 Å². The first-order valence-electron chi connectivity index (χ1n) is 8.51. The van der Waals surface area contributed by atoms with Crippen molar-refractivity contribution in [3.63, 3.8) is 0 Å². The van der Waals surface area contributed by atoms with Gasteiger partial charge >= 0.3 is 0 Å². The molecule has 0 radical (unpaired) electrons. The van der Waals surface area contributed by atoms with Crippen molar-refractivity contribution in [1.82, 2.24) is 9.80 Å². The molecule has 2 aromatic carbocycles. The number of anilines is 1. The van der Waals surface area contributed by atoms with E-state index in [0.29, 0.717) is 43.9 Å². The summed E-state index contributed by atoms with van der Waals surface area (Å²) >= 11 is 0. The lowest BCUT2D eigenvalue weighted by atomic mass is 10.1. The van der Waals surface area contributed by atoms with E-state index in [9.17, 15) is 9.59 Å². The number of carbonyl (C=O) groups is 2. The second kappa shape index (κ2) is 7.38. The van der Waals surface area contributed by atoms with E-state index in [1.54, 1.807) is 29.2 Å². The van der Waals surface area contributed by atoms with Gasteiger partial charge in [0.2, 0.25) is 5.91 Å². The largest absolute Gasteiger partial charge is 0.399 e. The van der Waals surface area contributed by atoms with Gasteiger partial charge in [-0.25, -0.2) is 0 Å². The first-order chi connectivity index (χ1) is 12.0. The van der Waals surface area contributed by atoms with Crippen molar-refractivity contribution in [2.45, 2.75) is 13.3 Å². The van der Waals surface area contributed by atoms with E-state index in [2.05, 4.69) is 0 Å². The second-order valence-corrected chi connectivity index (χ2v) is 6.40. The van der Waals surface area contributed by atoms with Crippen LogP contribution in [0.2, 0.25) is 0 Å². The van der Waals surface area contributed by atoms with Crippen LogP contribution in [0.25, 0.3) is 0 Å². The molecule has 2 aromatic rings. The molecule has 3 rings (SSSR count). The minimum absolute atomic E-state index is 0.0293. The maximum absolute atomic E-state index is 12.5. The SMILES string of the molecule is Cc1ccccc1CC(=O)N1CCN(C(=O)c2cccc(N)c2)CC1. The number of amides is 2. The van der Waals surface area contributed by atoms with Gasteiger partial charge in [-0.05, 0) is 36.2 Å². The van der Waals surface area contributed by atoms with E-state index in [1.807, 2.05) is 36.1 Å². The van der Waals surface area contributed by atoms with Gasteiger partial charge in [0.25, 0.3) is 5.91 Å². The van der Waals surface area contributed by atoms with E-state index in [0.717, 1.165) is 11.1 Å². The Morgan fingerprint density at radius 3 is 2.32 bits per heavy atom. The van der Waals surface area contributed by atoms with Crippen LogP contribution in [-0.4, -0.2) is 47.8 Å². The van der Waals surface area contributed by atoms with Gasteiger partial charge in [0.15, 0.2) is 0 Å². The van der Waals surface area contributed by atoms with Crippen LogP contribution in [-0.2, 0) is 11.2 Å². The number of carbonyl (C=O) groups excluding carboxylic acids is 2. The maximum atomic E-state index is 12.5. The van der Waals surface area contributed by atoms with Crippen LogP contribution in [0.3, 0.4) is 0 Å². The van der Waals surface area contributed by atoms with Crippen molar-refractivity contribution in [1.29, 1.82) is 0 Å². The molecule has 1 fully saturated rings. The summed E-state index contributed by atoms with van der Waals surface area (Å²) in [5, 5.41) is 0. The monoisotopic (exact) mass is 337 g/mol.